The van der Waals surface area contributed by atoms with Crippen molar-refractivity contribution in [3.05, 3.63) is 29.8 Å². The Morgan fingerprint density at radius 1 is 1.24 bits per heavy atom. The first-order valence-electron chi connectivity index (χ1n) is 8.19. The average Bonchev–Trinajstić information content (AvgIpc) is 2.53. The Balaban J connectivity index is 2.17. The Hall–Kier alpha value is -1.06. The molecule has 1 heterocycles. The number of benzene rings is 1. The minimum Gasteiger partial charge on any atom is -0.497 e. The van der Waals surface area contributed by atoms with Crippen LogP contribution in [0.2, 0.25) is 0 Å². The van der Waals surface area contributed by atoms with Gasteiger partial charge in [-0.3, -0.25) is 4.90 Å². The molecule has 0 aromatic heterocycles. The molecule has 1 aromatic carbocycles. The number of rotatable bonds is 5. The Morgan fingerprint density at radius 2 is 1.90 bits per heavy atom. The minimum atomic E-state index is 0.444. The van der Waals surface area contributed by atoms with Gasteiger partial charge >= 0.3 is 0 Å². The number of ether oxygens (including phenoxy) is 1. The first-order chi connectivity index (χ1) is 10.1. The van der Waals surface area contributed by atoms with E-state index in [1.807, 2.05) is 0 Å². The summed E-state index contributed by atoms with van der Waals surface area (Å²) in [5.74, 6) is 1.59. The smallest absolute Gasteiger partial charge is 0.118 e. The van der Waals surface area contributed by atoms with Gasteiger partial charge in [-0.1, -0.05) is 32.9 Å². The van der Waals surface area contributed by atoms with E-state index in [4.69, 9.17) is 4.74 Å². The summed E-state index contributed by atoms with van der Waals surface area (Å²) in [4.78, 5) is 2.68. The molecule has 1 fully saturated rings. The van der Waals surface area contributed by atoms with Crippen molar-refractivity contribution in [3.8, 4) is 5.75 Å². The van der Waals surface area contributed by atoms with E-state index in [0.29, 0.717) is 24.0 Å². The van der Waals surface area contributed by atoms with E-state index in [2.05, 4.69) is 62.2 Å². The molecular weight excluding hydrogens is 260 g/mol. The highest BCUT2D eigenvalue weighted by Gasteiger charge is 2.32. The predicted octanol–water partition coefficient (Wildman–Crippen LogP) is 3.46. The van der Waals surface area contributed by atoms with Crippen LogP contribution in [-0.2, 0) is 0 Å². The lowest BCUT2D eigenvalue weighted by molar-refractivity contribution is 0.0610. The average molecular weight is 290 g/mol. The van der Waals surface area contributed by atoms with Crippen molar-refractivity contribution in [3.63, 3.8) is 0 Å². The summed E-state index contributed by atoms with van der Waals surface area (Å²) in [6, 6.07) is 10.2. The minimum absolute atomic E-state index is 0.444. The molecule has 118 valence electrons. The van der Waals surface area contributed by atoms with E-state index in [1.54, 1.807) is 7.11 Å². The predicted molar refractivity (Wildman–Crippen MR) is 88.8 cm³/mol. The zero-order chi connectivity index (χ0) is 15.4. The van der Waals surface area contributed by atoms with Crippen LogP contribution < -0.4 is 10.1 Å². The van der Waals surface area contributed by atoms with Crippen LogP contribution in [0.1, 0.15) is 45.7 Å². The first-order valence-corrected chi connectivity index (χ1v) is 8.19. The monoisotopic (exact) mass is 290 g/mol. The van der Waals surface area contributed by atoms with Gasteiger partial charge in [-0.25, -0.2) is 0 Å². The van der Waals surface area contributed by atoms with Gasteiger partial charge in [-0.05, 0) is 37.0 Å². The van der Waals surface area contributed by atoms with Crippen molar-refractivity contribution in [2.45, 2.75) is 52.2 Å². The third kappa shape index (κ3) is 3.78. The molecule has 21 heavy (non-hydrogen) atoms. The zero-order valence-corrected chi connectivity index (χ0v) is 14.1. The number of nitrogens with zero attached hydrogens (tertiary/aromatic N) is 1. The van der Waals surface area contributed by atoms with Crippen molar-refractivity contribution in [2.75, 3.05) is 20.2 Å². The van der Waals surface area contributed by atoms with Gasteiger partial charge in [0.25, 0.3) is 0 Å². The molecule has 1 aromatic rings. The van der Waals surface area contributed by atoms with Crippen LogP contribution in [0.4, 0.5) is 0 Å². The molecular formula is C18H30N2O. The van der Waals surface area contributed by atoms with Gasteiger partial charge in [0.05, 0.1) is 7.11 Å². The summed E-state index contributed by atoms with van der Waals surface area (Å²) in [7, 11) is 1.72. The Bertz CT molecular complexity index is 429. The maximum Gasteiger partial charge on any atom is 0.118 e. The van der Waals surface area contributed by atoms with Crippen molar-refractivity contribution < 1.29 is 4.74 Å². The van der Waals surface area contributed by atoms with Crippen LogP contribution >= 0.6 is 0 Å². The number of nitrogens with one attached hydrogen (secondary N) is 1. The second-order valence-corrected chi connectivity index (χ2v) is 6.47. The van der Waals surface area contributed by atoms with E-state index in [0.717, 1.165) is 18.8 Å². The van der Waals surface area contributed by atoms with Crippen LogP contribution in [-0.4, -0.2) is 37.2 Å². The Labute approximate surface area is 129 Å². The van der Waals surface area contributed by atoms with Crippen LogP contribution in [0.25, 0.3) is 0 Å². The summed E-state index contributed by atoms with van der Waals surface area (Å²) >= 11 is 0. The summed E-state index contributed by atoms with van der Waals surface area (Å²) < 4.78 is 5.26. The number of methoxy groups -OCH3 is 1. The summed E-state index contributed by atoms with van der Waals surface area (Å²) in [5.41, 5.74) is 1.37. The van der Waals surface area contributed by atoms with Crippen LogP contribution in [0.3, 0.4) is 0 Å². The summed E-state index contributed by atoms with van der Waals surface area (Å²) in [6.45, 7) is 11.5. The molecule has 3 nitrogen and oxygen atoms in total. The van der Waals surface area contributed by atoms with Crippen molar-refractivity contribution in [2.24, 2.45) is 5.92 Å². The fourth-order valence-electron chi connectivity index (χ4n) is 3.27. The van der Waals surface area contributed by atoms with Gasteiger partial charge in [-0.15, -0.1) is 0 Å². The molecule has 2 rings (SSSR count). The van der Waals surface area contributed by atoms with Crippen molar-refractivity contribution >= 4 is 0 Å². The molecule has 0 saturated carbocycles. The molecule has 3 unspecified atom stereocenters. The molecule has 1 N–H and O–H groups in total. The van der Waals surface area contributed by atoms with E-state index in [-0.39, 0.29) is 0 Å². The largest absolute Gasteiger partial charge is 0.497 e. The molecule has 1 aliphatic heterocycles. The molecule has 3 heteroatoms. The first kappa shape index (κ1) is 16.3. The number of hydrogen-bond acceptors (Lipinski definition) is 3. The van der Waals surface area contributed by atoms with E-state index in [1.165, 1.54) is 12.0 Å². The molecule has 3 atom stereocenters. The lowest BCUT2D eigenvalue weighted by atomic mass is 9.94. The van der Waals surface area contributed by atoms with E-state index >= 15 is 0 Å². The SMILES string of the molecule is CCC1CN(C(C)c2ccc(OC)cc2)C(C(C)C)CN1. The second kappa shape index (κ2) is 7.28. The lowest BCUT2D eigenvalue weighted by Crippen LogP contribution is -2.58. The highest BCUT2D eigenvalue weighted by Crippen LogP contribution is 2.29. The second-order valence-electron chi connectivity index (χ2n) is 6.47. The highest BCUT2D eigenvalue weighted by atomic mass is 16.5. The fourth-order valence-corrected chi connectivity index (χ4v) is 3.27. The number of hydrogen-bond donors (Lipinski definition) is 1. The molecule has 0 aliphatic carbocycles. The van der Waals surface area contributed by atoms with Gasteiger partial charge < -0.3 is 10.1 Å². The van der Waals surface area contributed by atoms with E-state index < -0.39 is 0 Å². The summed E-state index contributed by atoms with van der Waals surface area (Å²) in [6.07, 6.45) is 1.19. The third-order valence-electron chi connectivity index (χ3n) is 4.83. The molecule has 0 radical (unpaired) electrons. The van der Waals surface area contributed by atoms with Gasteiger partial charge in [0.15, 0.2) is 0 Å². The maximum absolute atomic E-state index is 5.26. The Morgan fingerprint density at radius 3 is 2.43 bits per heavy atom. The highest BCUT2D eigenvalue weighted by molar-refractivity contribution is 5.29. The van der Waals surface area contributed by atoms with Gasteiger partial charge in [0.1, 0.15) is 5.75 Å². The molecule has 0 spiro atoms. The molecule has 1 saturated heterocycles. The molecule has 1 aliphatic rings. The van der Waals surface area contributed by atoms with Crippen LogP contribution in [0.15, 0.2) is 24.3 Å². The topological polar surface area (TPSA) is 24.5 Å². The fraction of sp³-hybridized carbons (Fsp3) is 0.667. The van der Waals surface area contributed by atoms with Gasteiger partial charge in [0, 0.05) is 31.2 Å². The van der Waals surface area contributed by atoms with Crippen molar-refractivity contribution in [1.29, 1.82) is 0 Å². The summed E-state index contributed by atoms with van der Waals surface area (Å²) in [5, 5.41) is 3.69. The third-order valence-corrected chi connectivity index (χ3v) is 4.83. The normalized spacial score (nSPS) is 25.0. The van der Waals surface area contributed by atoms with Crippen LogP contribution in [0.5, 0.6) is 5.75 Å². The van der Waals surface area contributed by atoms with Crippen LogP contribution in [0, 0.1) is 5.92 Å². The molecule has 0 bridgehead atoms. The standard InChI is InChI=1S/C18H30N2O/c1-6-16-12-20(18(11-19-16)13(2)3)14(4)15-7-9-17(21-5)10-8-15/h7-10,13-14,16,18-19H,6,11-12H2,1-5H3. The van der Waals surface area contributed by atoms with Gasteiger partial charge in [0.2, 0.25) is 0 Å². The van der Waals surface area contributed by atoms with Gasteiger partial charge in [-0.2, -0.15) is 0 Å². The quantitative estimate of drug-likeness (QED) is 0.898. The maximum atomic E-state index is 5.26. The van der Waals surface area contributed by atoms with Crippen molar-refractivity contribution in [1.82, 2.24) is 10.2 Å². The lowest BCUT2D eigenvalue weighted by Gasteiger charge is -2.45. The number of piperazine rings is 1. The zero-order valence-electron chi connectivity index (χ0n) is 14.1. The Kier molecular flexibility index (Phi) is 5.65. The van der Waals surface area contributed by atoms with E-state index in [9.17, 15) is 0 Å². The molecule has 0 amide bonds.